The Hall–Kier alpha value is -1.59. The summed E-state index contributed by atoms with van der Waals surface area (Å²) in [6, 6.07) is 4.26. The molecule has 5 nitrogen and oxygen atoms in total. The van der Waals surface area contributed by atoms with E-state index in [1.165, 1.54) is 18.2 Å². The van der Waals surface area contributed by atoms with Gasteiger partial charge in [-0.15, -0.1) is 0 Å². The normalized spacial score (nSPS) is 10.1. The molecule has 98 valence electrons. The first-order valence-electron chi connectivity index (χ1n) is 5.58. The number of amides is 1. The molecule has 1 aromatic rings. The van der Waals surface area contributed by atoms with Crippen molar-refractivity contribution in [3.63, 3.8) is 0 Å². The Morgan fingerprint density at radius 1 is 1.39 bits per heavy atom. The van der Waals surface area contributed by atoms with Crippen LogP contribution in [-0.2, 0) is 4.79 Å². The van der Waals surface area contributed by atoms with Gasteiger partial charge in [-0.25, -0.2) is 4.79 Å². The molecule has 1 rings (SSSR count). The first kappa shape index (κ1) is 14.5. The second kappa shape index (κ2) is 6.98. The number of rotatable bonds is 6. The molecule has 0 radical (unpaired) electrons. The Morgan fingerprint density at radius 3 is 2.72 bits per heavy atom. The third kappa shape index (κ3) is 4.35. The Morgan fingerprint density at radius 2 is 2.11 bits per heavy atom. The largest absolute Gasteiger partial charge is 0.478 e. The molecule has 0 heterocycles. The zero-order chi connectivity index (χ0) is 13.5. The Balaban J connectivity index is 2.73. The van der Waals surface area contributed by atoms with Crippen molar-refractivity contribution in [2.75, 3.05) is 18.4 Å². The zero-order valence-electron chi connectivity index (χ0n) is 10.00. The molecule has 0 bridgehead atoms. The lowest BCUT2D eigenvalue weighted by Crippen LogP contribution is -2.22. The van der Waals surface area contributed by atoms with Gasteiger partial charge in [0.1, 0.15) is 0 Å². The molecule has 0 unspecified atom stereocenters. The highest BCUT2D eigenvalue weighted by Gasteiger charge is 2.12. The molecule has 0 aliphatic carbocycles. The van der Waals surface area contributed by atoms with Crippen molar-refractivity contribution < 1.29 is 14.7 Å². The van der Waals surface area contributed by atoms with Gasteiger partial charge in [0.05, 0.1) is 11.3 Å². The molecule has 18 heavy (non-hydrogen) atoms. The van der Waals surface area contributed by atoms with Gasteiger partial charge in [0, 0.05) is 18.0 Å². The summed E-state index contributed by atoms with van der Waals surface area (Å²) in [4.78, 5) is 22.6. The monoisotopic (exact) mass is 270 g/mol. The number of halogens is 1. The summed E-state index contributed by atoms with van der Waals surface area (Å²) in [5, 5.41) is 14.9. The lowest BCUT2D eigenvalue weighted by molar-refractivity contribution is -0.116. The first-order chi connectivity index (χ1) is 8.54. The van der Waals surface area contributed by atoms with Crippen molar-refractivity contribution in [3.8, 4) is 0 Å². The van der Waals surface area contributed by atoms with E-state index < -0.39 is 5.97 Å². The third-order valence-corrected chi connectivity index (χ3v) is 2.50. The SMILES string of the molecule is CCNCCC(=O)Nc1cc(Cl)ccc1C(=O)O. The van der Waals surface area contributed by atoms with Gasteiger partial charge in [0.25, 0.3) is 0 Å². The van der Waals surface area contributed by atoms with Crippen molar-refractivity contribution in [1.82, 2.24) is 5.32 Å². The second-order valence-electron chi connectivity index (χ2n) is 3.65. The van der Waals surface area contributed by atoms with Gasteiger partial charge in [-0.3, -0.25) is 4.79 Å². The molecular weight excluding hydrogens is 256 g/mol. The molecule has 1 amide bonds. The molecule has 0 fully saturated rings. The number of benzene rings is 1. The predicted octanol–water partition coefficient (Wildman–Crippen LogP) is 1.98. The number of anilines is 1. The van der Waals surface area contributed by atoms with E-state index >= 15 is 0 Å². The average Bonchev–Trinajstić information content (AvgIpc) is 2.29. The van der Waals surface area contributed by atoms with E-state index in [1.54, 1.807) is 0 Å². The van der Waals surface area contributed by atoms with Crippen molar-refractivity contribution >= 4 is 29.2 Å². The minimum absolute atomic E-state index is 0.0243. The summed E-state index contributed by atoms with van der Waals surface area (Å²) in [7, 11) is 0. The number of hydrogen-bond donors (Lipinski definition) is 3. The highest BCUT2D eigenvalue weighted by molar-refractivity contribution is 6.31. The van der Waals surface area contributed by atoms with Gasteiger partial charge in [-0.2, -0.15) is 0 Å². The highest BCUT2D eigenvalue weighted by atomic mass is 35.5. The average molecular weight is 271 g/mol. The predicted molar refractivity (Wildman–Crippen MR) is 70.2 cm³/mol. The smallest absolute Gasteiger partial charge is 0.337 e. The molecular formula is C12H15ClN2O3. The summed E-state index contributed by atoms with van der Waals surface area (Å²) in [5.41, 5.74) is 0.243. The quantitative estimate of drug-likeness (QED) is 0.691. The summed E-state index contributed by atoms with van der Waals surface area (Å²) in [6.07, 6.45) is 0.277. The van der Waals surface area contributed by atoms with Crippen molar-refractivity contribution in [2.45, 2.75) is 13.3 Å². The molecule has 0 aliphatic rings. The van der Waals surface area contributed by atoms with Crippen LogP contribution < -0.4 is 10.6 Å². The van der Waals surface area contributed by atoms with E-state index in [0.717, 1.165) is 6.54 Å². The van der Waals surface area contributed by atoms with E-state index in [9.17, 15) is 9.59 Å². The maximum atomic E-state index is 11.6. The first-order valence-corrected chi connectivity index (χ1v) is 5.95. The lowest BCUT2D eigenvalue weighted by Gasteiger charge is -2.09. The number of hydrogen-bond acceptors (Lipinski definition) is 3. The van der Waals surface area contributed by atoms with Crippen LogP contribution in [-0.4, -0.2) is 30.1 Å². The van der Waals surface area contributed by atoms with Crippen LogP contribution in [0.5, 0.6) is 0 Å². The number of carbonyl (C=O) groups is 2. The van der Waals surface area contributed by atoms with Crippen LogP contribution in [0.15, 0.2) is 18.2 Å². The Labute approximate surface area is 110 Å². The van der Waals surface area contributed by atoms with E-state index in [2.05, 4.69) is 10.6 Å². The number of carbonyl (C=O) groups excluding carboxylic acids is 1. The maximum Gasteiger partial charge on any atom is 0.337 e. The van der Waals surface area contributed by atoms with E-state index in [0.29, 0.717) is 11.6 Å². The standard InChI is InChI=1S/C12H15ClN2O3/c1-2-14-6-5-11(16)15-10-7-8(13)3-4-9(10)12(17)18/h3-4,7,14H,2,5-6H2,1H3,(H,15,16)(H,17,18). The van der Waals surface area contributed by atoms with E-state index in [1.807, 2.05) is 6.92 Å². The topological polar surface area (TPSA) is 78.4 Å². The van der Waals surface area contributed by atoms with Gasteiger partial charge in [-0.1, -0.05) is 18.5 Å². The summed E-state index contributed by atoms with van der Waals surface area (Å²) in [5.74, 6) is -1.35. The zero-order valence-corrected chi connectivity index (χ0v) is 10.8. The Kier molecular flexibility index (Phi) is 5.61. The van der Waals surface area contributed by atoms with Crippen molar-refractivity contribution in [1.29, 1.82) is 0 Å². The number of carboxylic acids is 1. The molecule has 0 atom stereocenters. The van der Waals surface area contributed by atoms with E-state index in [4.69, 9.17) is 16.7 Å². The van der Waals surface area contributed by atoms with E-state index in [-0.39, 0.29) is 23.6 Å². The molecule has 6 heteroatoms. The summed E-state index contributed by atoms with van der Waals surface area (Å²) in [6.45, 7) is 3.27. The summed E-state index contributed by atoms with van der Waals surface area (Å²) < 4.78 is 0. The third-order valence-electron chi connectivity index (χ3n) is 2.26. The van der Waals surface area contributed by atoms with Crippen LogP contribution in [0, 0.1) is 0 Å². The molecule has 0 saturated heterocycles. The molecule has 0 saturated carbocycles. The van der Waals surface area contributed by atoms with Gasteiger partial charge in [0.15, 0.2) is 0 Å². The van der Waals surface area contributed by atoms with Gasteiger partial charge < -0.3 is 15.7 Å². The number of carboxylic acid groups (broad SMARTS) is 1. The molecule has 0 spiro atoms. The molecule has 0 aromatic heterocycles. The second-order valence-corrected chi connectivity index (χ2v) is 4.08. The van der Waals surface area contributed by atoms with Crippen LogP contribution in [0.25, 0.3) is 0 Å². The fourth-order valence-corrected chi connectivity index (χ4v) is 1.57. The Bertz CT molecular complexity index is 449. The fourth-order valence-electron chi connectivity index (χ4n) is 1.40. The van der Waals surface area contributed by atoms with Crippen LogP contribution >= 0.6 is 11.6 Å². The van der Waals surface area contributed by atoms with Gasteiger partial charge >= 0.3 is 5.97 Å². The summed E-state index contributed by atoms with van der Waals surface area (Å²) >= 11 is 5.78. The van der Waals surface area contributed by atoms with Crippen LogP contribution in [0.4, 0.5) is 5.69 Å². The molecule has 1 aromatic carbocycles. The van der Waals surface area contributed by atoms with Crippen LogP contribution in [0.1, 0.15) is 23.7 Å². The fraction of sp³-hybridized carbons (Fsp3) is 0.333. The van der Waals surface area contributed by atoms with Gasteiger partial charge in [0.2, 0.25) is 5.91 Å². The van der Waals surface area contributed by atoms with Gasteiger partial charge in [-0.05, 0) is 24.7 Å². The lowest BCUT2D eigenvalue weighted by atomic mass is 10.1. The van der Waals surface area contributed by atoms with Crippen molar-refractivity contribution in [2.24, 2.45) is 0 Å². The minimum atomic E-state index is -1.10. The molecule has 0 aliphatic heterocycles. The molecule has 3 N–H and O–H groups in total. The number of aromatic carboxylic acids is 1. The minimum Gasteiger partial charge on any atom is -0.478 e. The highest BCUT2D eigenvalue weighted by Crippen LogP contribution is 2.21. The van der Waals surface area contributed by atoms with Crippen molar-refractivity contribution in [3.05, 3.63) is 28.8 Å². The maximum absolute atomic E-state index is 11.6. The number of nitrogens with one attached hydrogen (secondary N) is 2. The van der Waals surface area contributed by atoms with Crippen LogP contribution in [0.3, 0.4) is 0 Å². The van der Waals surface area contributed by atoms with Crippen LogP contribution in [0.2, 0.25) is 5.02 Å².